The molecule has 2 aliphatic rings. The third kappa shape index (κ3) is 1.33. The van der Waals surface area contributed by atoms with Crippen molar-refractivity contribution in [3.05, 3.63) is 0 Å². The van der Waals surface area contributed by atoms with E-state index in [0.29, 0.717) is 10.0 Å². The number of nitrogens with zero attached hydrogens (tertiary/aromatic N) is 2. The fourth-order valence-corrected chi connectivity index (χ4v) is 1.95. The molecular formula is C10H12N2O4. The molecule has 2 rings (SSSR count). The van der Waals surface area contributed by atoms with Crippen molar-refractivity contribution in [3.63, 3.8) is 0 Å². The standard InChI is InChI=1S/C10H12N2O4/c1-5-3-7(13)11(9(5)15)12-8(14)4-6(2)10(12)16/h5-6H,3-4H2,1-2H3. The number of carbonyl (C=O) groups is 4. The summed E-state index contributed by atoms with van der Waals surface area (Å²) in [6.07, 6.45) is 0.120. The van der Waals surface area contributed by atoms with Gasteiger partial charge in [0.1, 0.15) is 0 Å². The van der Waals surface area contributed by atoms with Gasteiger partial charge >= 0.3 is 0 Å². The van der Waals surface area contributed by atoms with Gasteiger partial charge in [-0.15, -0.1) is 0 Å². The molecule has 2 fully saturated rings. The highest BCUT2D eigenvalue weighted by molar-refractivity contribution is 6.11. The first-order valence-corrected chi connectivity index (χ1v) is 5.17. The Morgan fingerprint density at radius 2 is 1.12 bits per heavy atom. The smallest absolute Gasteiger partial charge is 0.252 e. The number of hydrazine groups is 1. The molecule has 0 saturated carbocycles. The van der Waals surface area contributed by atoms with E-state index in [1.165, 1.54) is 0 Å². The van der Waals surface area contributed by atoms with E-state index in [1.807, 2.05) is 0 Å². The maximum absolute atomic E-state index is 11.7. The highest BCUT2D eigenvalue weighted by Crippen LogP contribution is 2.27. The van der Waals surface area contributed by atoms with Crippen LogP contribution in [0.15, 0.2) is 0 Å². The Labute approximate surface area is 92.1 Å². The molecule has 86 valence electrons. The molecule has 0 aliphatic carbocycles. The van der Waals surface area contributed by atoms with Crippen molar-refractivity contribution in [3.8, 4) is 0 Å². The van der Waals surface area contributed by atoms with E-state index in [-0.39, 0.29) is 12.8 Å². The zero-order chi connectivity index (χ0) is 12.0. The molecular weight excluding hydrogens is 212 g/mol. The minimum Gasteiger partial charge on any atom is -0.272 e. The van der Waals surface area contributed by atoms with Crippen molar-refractivity contribution in [1.82, 2.24) is 10.0 Å². The monoisotopic (exact) mass is 224 g/mol. The van der Waals surface area contributed by atoms with Crippen molar-refractivity contribution in [2.75, 3.05) is 0 Å². The highest BCUT2D eigenvalue weighted by Gasteiger charge is 2.48. The Kier molecular flexibility index (Phi) is 2.29. The van der Waals surface area contributed by atoms with Crippen molar-refractivity contribution in [2.24, 2.45) is 11.8 Å². The van der Waals surface area contributed by atoms with Gasteiger partial charge < -0.3 is 0 Å². The average Bonchev–Trinajstić information content (AvgIpc) is 2.57. The van der Waals surface area contributed by atoms with Crippen LogP contribution in [0, 0.1) is 11.8 Å². The minimum atomic E-state index is -0.478. The SMILES string of the molecule is CC1CC(=O)N(N2C(=O)CC(C)C2=O)C1=O. The van der Waals surface area contributed by atoms with Gasteiger partial charge in [0.2, 0.25) is 11.8 Å². The van der Waals surface area contributed by atoms with Crippen LogP contribution in [0.1, 0.15) is 26.7 Å². The van der Waals surface area contributed by atoms with Crippen molar-refractivity contribution in [2.45, 2.75) is 26.7 Å². The van der Waals surface area contributed by atoms with Gasteiger partial charge in [0.25, 0.3) is 11.8 Å². The first-order valence-electron chi connectivity index (χ1n) is 5.17. The zero-order valence-corrected chi connectivity index (χ0v) is 9.10. The van der Waals surface area contributed by atoms with E-state index >= 15 is 0 Å². The fraction of sp³-hybridized carbons (Fsp3) is 0.600. The van der Waals surface area contributed by atoms with Crippen LogP contribution in [0.25, 0.3) is 0 Å². The molecule has 0 spiro atoms. The van der Waals surface area contributed by atoms with E-state index in [9.17, 15) is 19.2 Å². The number of amides is 4. The molecule has 0 aromatic rings. The molecule has 2 saturated heterocycles. The lowest BCUT2D eigenvalue weighted by atomic mass is 10.1. The average molecular weight is 224 g/mol. The summed E-state index contributed by atoms with van der Waals surface area (Å²) < 4.78 is 0. The second-order valence-electron chi connectivity index (χ2n) is 4.30. The summed E-state index contributed by atoms with van der Waals surface area (Å²) in [5.41, 5.74) is 0. The molecule has 6 nitrogen and oxygen atoms in total. The molecule has 16 heavy (non-hydrogen) atoms. The van der Waals surface area contributed by atoms with E-state index < -0.39 is 35.5 Å². The summed E-state index contributed by atoms with van der Waals surface area (Å²) in [7, 11) is 0. The van der Waals surface area contributed by atoms with Crippen LogP contribution in [-0.4, -0.2) is 33.6 Å². The second kappa shape index (κ2) is 3.40. The summed E-state index contributed by atoms with van der Waals surface area (Å²) >= 11 is 0. The molecule has 2 unspecified atom stereocenters. The summed E-state index contributed by atoms with van der Waals surface area (Å²) in [6, 6.07) is 0. The fourth-order valence-electron chi connectivity index (χ4n) is 1.95. The second-order valence-corrected chi connectivity index (χ2v) is 4.30. The molecule has 2 aliphatic heterocycles. The van der Waals surface area contributed by atoms with Crippen molar-refractivity contribution >= 4 is 23.6 Å². The Morgan fingerprint density at radius 1 is 0.812 bits per heavy atom. The molecule has 2 atom stereocenters. The molecule has 6 heteroatoms. The van der Waals surface area contributed by atoms with Gasteiger partial charge in [-0.1, -0.05) is 13.8 Å². The Balaban J connectivity index is 2.32. The van der Waals surface area contributed by atoms with Gasteiger partial charge in [0.05, 0.1) is 0 Å². The van der Waals surface area contributed by atoms with E-state index in [4.69, 9.17) is 0 Å². The van der Waals surface area contributed by atoms with E-state index in [2.05, 4.69) is 0 Å². The predicted octanol–water partition coefficient (Wildman–Crippen LogP) is -0.309. The molecule has 4 amide bonds. The van der Waals surface area contributed by atoms with E-state index in [0.717, 1.165) is 0 Å². The largest absolute Gasteiger partial charge is 0.272 e. The lowest BCUT2D eigenvalue weighted by molar-refractivity contribution is -0.172. The number of imide groups is 2. The van der Waals surface area contributed by atoms with Gasteiger partial charge in [-0.05, 0) is 0 Å². The lowest BCUT2D eigenvalue weighted by Gasteiger charge is -2.23. The van der Waals surface area contributed by atoms with Crippen molar-refractivity contribution < 1.29 is 19.2 Å². The first-order chi connectivity index (χ1) is 7.43. The molecule has 0 radical (unpaired) electrons. The van der Waals surface area contributed by atoms with Crippen LogP contribution in [0.2, 0.25) is 0 Å². The predicted molar refractivity (Wildman–Crippen MR) is 51.3 cm³/mol. The lowest BCUT2D eigenvalue weighted by Crippen LogP contribution is -2.49. The van der Waals surface area contributed by atoms with Gasteiger partial charge in [-0.3, -0.25) is 19.2 Å². The quantitative estimate of drug-likeness (QED) is 0.573. The third-order valence-electron chi connectivity index (χ3n) is 2.89. The zero-order valence-electron chi connectivity index (χ0n) is 9.10. The van der Waals surface area contributed by atoms with Gasteiger partial charge in [0, 0.05) is 24.7 Å². The molecule has 0 aromatic heterocycles. The summed E-state index contributed by atoms with van der Waals surface area (Å²) in [5, 5.41) is 1.41. The Morgan fingerprint density at radius 3 is 1.31 bits per heavy atom. The van der Waals surface area contributed by atoms with Crippen LogP contribution in [-0.2, 0) is 19.2 Å². The Bertz CT molecular complexity index is 366. The van der Waals surface area contributed by atoms with Crippen LogP contribution < -0.4 is 0 Å². The van der Waals surface area contributed by atoms with E-state index in [1.54, 1.807) is 13.8 Å². The number of rotatable bonds is 1. The maximum atomic E-state index is 11.7. The number of hydrogen-bond donors (Lipinski definition) is 0. The molecule has 0 N–H and O–H groups in total. The first kappa shape index (κ1) is 10.8. The molecule has 0 aromatic carbocycles. The molecule has 0 bridgehead atoms. The third-order valence-corrected chi connectivity index (χ3v) is 2.89. The van der Waals surface area contributed by atoms with Crippen molar-refractivity contribution in [1.29, 1.82) is 0 Å². The molecule has 2 heterocycles. The maximum Gasteiger partial charge on any atom is 0.252 e. The van der Waals surface area contributed by atoms with Crippen LogP contribution in [0.5, 0.6) is 0 Å². The minimum absolute atomic E-state index is 0.0598. The summed E-state index contributed by atoms with van der Waals surface area (Å²) in [4.78, 5) is 46.4. The topological polar surface area (TPSA) is 74.8 Å². The highest BCUT2D eigenvalue weighted by atomic mass is 16.2. The summed E-state index contributed by atoms with van der Waals surface area (Å²) in [6.45, 7) is 3.21. The normalized spacial score (nSPS) is 30.9. The van der Waals surface area contributed by atoms with Gasteiger partial charge in [-0.2, -0.15) is 10.0 Å². The number of hydrogen-bond acceptors (Lipinski definition) is 4. The van der Waals surface area contributed by atoms with Gasteiger partial charge in [0.15, 0.2) is 0 Å². The van der Waals surface area contributed by atoms with Crippen LogP contribution in [0.3, 0.4) is 0 Å². The van der Waals surface area contributed by atoms with Gasteiger partial charge in [-0.25, -0.2) is 0 Å². The number of carbonyl (C=O) groups excluding carboxylic acids is 4. The van der Waals surface area contributed by atoms with Crippen LogP contribution >= 0.6 is 0 Å². The summed E-state index contributed by atoms with van der Waals surface area (Å²) in [5.74, 6) is -2.81. The van der Waals surface area contributed by atoms with Crippen LogP contribution in [0.4, 0.5) is 0 Å². The Hall–Kier alpha value is -1.72.